The molecule has 1 aromatic heterocycles. The number of hydrogen-bond donors (Lipinski definition) is 2. The number of aromatic nitrogens is 2. The van der Waals surface area contributed by atoms with Crippen LogP contribution in [-0.4, -0.2) is 59.2 Å². The number of nitrogens with one attached hydrogen (secondary N) is 2. The molecule has 1 aliphatic rings. The molecule has 0 saturated heterocycles. The fraction of sp³-hybridized carbons (Fsp3) is 0.615. The quantitative estimate of drug-likeness (QED) is 0.559. The van der Waals surface area contributed by atoms with E-state index in [0.717, 1.165) is 56.1 Å². The summed E-state index contributed by atoms with van der Waals surface area (Å²) in [4.78, 5) is 28.2. The van der Waals surface area contributed by atoms with E-state index in [1.807, 2.05) is 36.9 Å². The fourth-order valence-corrected chi connectivity index (χ4v) is 4.64. The molecule has 2 N–H and O–H groups in total. The van der Waals surface area contributed by atoms with Gasteiger partial charge in [-0.15, -0.1) is 0 Å². The van der Waals surface area contributed by atoms with Gasteiger partial charge in [0.15, 0.2) is 0 Å². The number of aryl methyl sites for hydroxylation is 1. The third-order valence-electron chi connectivity index (χ3n) is 6.41. The van der Waals surface area contributed by atoms with E-state index in [-0.39, 0.29) is 23.8 Å². The van der Waals surface area contributed by atoms with Crippen LogP contribution in [0.15, 0.2) is 24.4 Å². The number of benzene rings is 1. The molecule has 0 radical (unpaired) electrons. The number of amides is 2. The molecule has 184 valence electrons. The standard InChI is InChI=1S/C26H38N6O2/c1-18(2)14-21(16-27)28-26(34)22-8-5-6-9-24(22)29-25(33)19-10-11-23-20(15-19)17-32(30-23)13-7-12-31(3)4/h10-11,15,17-18,21-22,24H,5-9,12-14H2,1-4H3,(H,28,34)(H,29,33)/t21-,22+,24-/m0/s1. The van der Waals surface area contributed by atoms with Gasteiger partial charge >= 0.3 is 0 Å². The molecule has 34 heavy (non-hydrogen) atoms. The van der Waals surface area contributed by atoms with Gasteiger partial charge in [-0.3, -0.25) is 14.3 Å². The SMILES string of the molecule is CC(C)C[C@@H](C#N)NC(=O)[C@@H]1CCCC[C@@H]1NC(=O)c1ccc2nn(CCCN(C)C)cc2c1. The topological polar surface area (TPSA) is 103 Å². The van der Waals surface area contributed by atoms with Gasteiger partial charge in [0.25, 0.3) is 5.91 Å². The highest BCUT2D eigenvalue weighted by atomic mass is 16.2. The van der Waals surface area contributed by atoms with E-state index in [1.165, 1.54) is 0 Å². The number of carbonyl (C=O) groups is 2. The molecule has 1 aliphatic carbocycles. The van der Waals surface area contributed by atoms with Crippen LogP contribution in [-0.2, 0) is 11.3 Å². The maximum absolute atomic E-state index is 13.1. The van der Waals surface area contributed by atoms with Crippen LogP contribution in [0.5, 0.6) is 0 Å². The highest BCUT2D eigenvalue weighted by Crippen LogP contribution is 2.26. The monoisotopic (exact) mass is 466 g/mol. The van der Waals surface area contributed by atoms with Crippen LogP contribution in [0, 0.1) is 23.2 Å². The van der Waals surface area contributed by atoms with Gasteiger partial charge in [-0.25, -0.2) is 0 Å². The van der Waals surface area contributed by atoms with E-state index in [4.69, 9.17) is 0 Å². The second kappa shape index (κ2) is 12.0. The predicted octanol–water partition coefficient (Wildman–Crippen LogP) is 3.33. The van der Waals surface area contributed by atoms with Gasteiger partial charge in [0.05, 0.1) is 17.5 Å². The van der Waals surface area contributed by atoms with Crippen molar-refractivity contribution < 1.29 is 9.59 Å². The molecule has 8 nitrogen and oxygen atoms in total. The maximum atomic E-state index is 13.1. The molecule has 2 aromatic rings. The molecule has 0 unspecified atom stereocenters. The summed E-state index contributed by atoms with van der Waals surface area (Å²) in [6.07, 6.45) is 7.01. The average molecular weight is 467 g/mol. The van der Waals surface area contributed by atoms with Gasteiger partial charge in [-0.05, 0) is 70.4 Å². The minimum atomic E-state index is -0.498. The molecule has 1 saturated carbocycles. The van der Waals surface area contributed by atoms with Crippen molar-refractivity contribution in [2.24, 2.45) is 11.8 Å². The van der Waals surface area contributed by atoms with Crippen molar-refractivity contribution in [3.05, 3.63) is 30.0 Å². The second-order valence-electron chi connectivity index (χ2n) is 10.1. The predicted molar refractivity (Wildman–Crippen MR) is 133 cm³/mol. The van der Waals surface area contributed by atoms with Gasteiger partial charge in [0.2, 0.25) is 5.91 Å². The van der Waals surface area contributed by atoms with Crippen LogP contribution in [0.2, 0.25) is 0 Å². The lowest BCUT2D eigenvalue weighted by molar-refractivity contribution is -0.127. The van der Waals surface area contributed by atoms with Crippen LogP contribution in [0.3, 0.4) is 0 Å². The maximum Gasteiger partial charge on any atom is 0.251 e. The molecule has 1 heterocycles. The molecule has 0 aliphatic heterocycles. The van der Waals surface area contributed by atoms with Crippen molar-refractivity contribution in [2.75, 3.05) is 20.6 Å². The van der Waals surface area contributed by atoms with E-state index in [2.05, 4.69) is 40.8 Å². The summed E-state index contributed by atoms with van der Waals surface area (Å²) in [5, 5.41) is 20.9. The third-order valence-corrected chi connectivity index (χ3v) is 6.41. The Morgan fingerprint density at radius 1 is 1.26 bits per heavy atom. The van der Waals surface area contributed by atoms with Gasteiger partial charge < -0.3 is 15.5 Å². The summed E-state index contributed by atoms with van der Waals surface area (Å²) in [6.45, 7) is 5.88. The average Bonchev–Trinajstić information content (AvgIpc) is 3.20. The Balaban J connectivity index is 1.65. The normalized spacial score (nSPS) is 19.2. The molecule has 8 heteroatoms. The van der Waals surface area contributed by atoms with Crippen LogP contribution in [0.1, 0.15) is 62.7 Å². The molecule has 3 rings (SSSR count). The lowest BCUT2D eigenvalue weighted by Crippen LogP contribution is -2.50. The Kier molecular flexibility index (Phi) is 9.05. The number of nitriles is 1. The summed E-state index contributed by atoms with van der Waals surface area (Å²) in [5.74, 6) is -0.305. The largest absolute Gasteiger partial charge is 0.349 e. The Labute approximate surface area is 202 Å². The molecule has 1 fully saturated rings. The Morgan fingerprint density at radius 2 is 2.03 bits per heavy atom. The Morgan fingerprint density at radius 3 is 2.74 bits per heavy atom. The molecule has 0 bridgehead atoms. The van der Waals surface area contributed by atoms with Crippen molar-refractivity contribution in [1.29, 1.82) is 5.26 Å². The summed E-state index contributed by atoms with van der Waals surface area (Å²) in [7, 11) is 4.11. The second-order valence-corrected chi connectivity index (χ2v) is 10.1. The van der Waals surface area contributed by atoms with Crippen LogP contribution in [0.4, 0.5) is 0 Å². The third kappa shape index (κ3) is 7.04. The first-order chi connectivity index (χ1) is 16.3. The molecule has 3 atom stereocenters. The van der Waals surface area contributed by atoms with E-state index in [1.54, 1.807) is 6.07 Å². The summed E-state index contributed by atoms with van der Waals surface area (Å²) < 4.78 is 1.93. The minimum Gasteiger partial charge on any atom is -0.349 e. The zero-order valence-corrected chi connectivity index (χ0v) is 20.9. The molecule has 0 spiro atoms. The zero-order valence-electron chi connectivity index (χ0n) is 20.9. The fourth-order valence-electron chi connectivity index (χ4n) is 4.64. The van der Waals surface area contributed by atoms with Crippen molar-refractivity contribution >= 4 is 22.7 Å². The first kappa shape index (κ1) is 25.7. The van der Waals surface area contributed by atoms with E-state index >= 15 is 0 Å². The summed E-state index contributed by atoms with van der Waals surface area (Å²) >= 11 is 0. The Hall–Kier alpha value is -2.92. The number of nitrogens with zero attached hydrogens (tertiary/aromatic N) is 4. The van der Waals surface area contributed by atoms with Crippen LogP contribution in [0.25, 0.3) is 10.9 Å². The zero-order chi connectivity index (χ0) is 24.7. The molecule has 2 amide bonds. The highest BCUT2D eigenvalue weighted by Gasteiger charge is 2.33. The van der Waals surface area contributed by atoms with Gasteiger partial charge in [0, 0.05) is 29.7 Å². The van der Waals surface area contributed by atoms with E-state index in [0.29, 0.717) is 17.9 Å². The molecule has 1 aromatic carbocycles. The van der Waals surface area contributed by atoms with E-state index < -0.39 is 6.04 Å². The summed E-state index contributed by atoms with van der Waals surface area (Å²) in [6, 6.07) is 7.00. The van der Waals surface area contributed by atoms with Crippen LogP contribution >= 0.6 is 0 Å². The smallest absolute Gasteiger partial charge is 0.251 e. The molecular formula is C26H38N6O2. The number of hydrogen-bond acceptors (Lipinski definition) is 5. The Bertz CT molecular complexity index is 1020. The first-order valence-electron chi connectivity index (χ1n) is 12.4. The lowest BCUT2D eigenvalue weighted by atomic mass is 9.83. The number of fused-ring (bicyclic) bond motifs is 1. The van der Waals surface area contributed by atoms with Crippen molar-refractivity contribution in [3.63, 3.8) is 0 Å². The first-order valence-corrected chi connectivity index (χ1v) is 12.4. The van der Waals surface area contributed by atoms with Crippen LogP contribution < -0.4 is 10.6 Å². The highest BCUT2D eigenvalue weighted by molar-refractivity contribution is 5.98. The van der Waals surface area contributed by atoms with Gasteiger partial charge in [-0.1, -0.05) is 26.7 Å². The summed E-state index contributed by atoms with van der Waals surface area (Å²) in [5.41, 5.74) is 1.43. The van der Waals surface area contributed by atoms with Crippen molar-refractivity contribution in [1.82, 2.24) is 25.3 Å². The lowest BCUT2D eigenvalue weighted by Gasteiger charge is -2.32. The van der Waals surface area contributed by atoms with Gasteiger partial charge in [0.1, 0.15) is 6.04 Å². The van der Waals surface area contributed by atoms with Gasteiger partial charge in [-0.2, -0.15) is 10.4 Å². The number of carbonyl (C=O) groups excluding carboxylic acids is 2. The minimum absolute atomic E-state index is 0.133. The van der Waals surface area contributed by atoms with Crippen molar-refractivity contribution in [2.45, 2.75) is 71.0 Å². The van der Waals surface area contributed by atoms with Crippen molar-refractivity contribution in [3.8, 4) is 6.07 Å². The number of rotatable bonds is 10. The van der Waals surface area contributed by atoms with E-state index in [9.17, 15) is 14.9 Å². The molecular weight excluding hydrogens is 428 g/mol.